The molecule has 0 radical (unpaired) electrons. The van der Waals surface area contributed by atoms with Gasteiger partial charge in [0, 0.05) is 5.75 Å². The molecule has 1 aromatic carbocycles. The van der Waals surface area contributed by atoms with E-state index in [9.17, 15) is 9.59 Å². The number of nitrogens with zero attached hydrogens (tertiary/aromatic N) is 2. The number of carboxylic acid groups (broad SMARTS) is 1. The predicted molar refractivity (Wildman–Crippen MR) is 77.5 cm³/mol. The maximum absolute atomic E-state index is 11.5. The van der Waals surface area contributed by atoms with Crippen molar-refractivity contribution < 1.29 is 9.90 Å². The number of aromatic amines is 2. The molecule has 0 unspecified atom stereocenters. The van der Waals surface area contributed by atoms with Gasteiger partial charge in [0.15, 0.2) is 16.3 Å². The van der Waals surface area contributed by atoms with Crippen molar-refractivity contribution in [2.45, 2.75) is 10.9 Å². The number of thioether (sulfide) groups is 1. The Morgan fingerprint density at radius 1 is 1.29 bits per heavy atom. The van der Waals surface area contributed by atoms with E-state index in [1.807, 2.05) is 0 Å². The molecule has 8 heteroatoms. The van der Waals surface area contributed by atoms with E-state index in [0.29, 0.717) is 22.1 Å². The average molecular weight is 302 g/mol. The molecule has 106 valence electrons. The third-order valence-corrected chi connectivity index (χ3v) is 3.79. The van der Waals surface area contributed by atoms with Gasteiger partial charge in [-0.2, -0.15) is 0 Å². The highest BCUT2D eigenvalue weighted by Gasteiger charge is 2.08. The fourth-order valence-corrected chi connectivity index (χ4v) is 2.60. The number of H-pyrrole nitrogens is 2. The number of aromatic nitrogens is 4. The number of carboxylic acids is 1. The Bertz CT molecular complexity index is 854. The molecule has 0 bridgehead atoms. The van der Waals surface area contributed by atoms with Gasteiger partial charge in [-0.3, -0.25) is 4.79 Å². The summed E-state index contributed by atoms with van der Waals surface area (Å²) >= 11 is 1.42. The molecule has 3 rings (SSSR count). The van der Waals surface area contributed by atoms with E-state index < -0.39 is 5.97 Å². The standard InChI is InChI=1S/C13H10N4O3S/c18-11-9-10(14-6-15-11)17-13(16-9)21-5-7-1-3-8(4-2-7)12(19)20/h1-4,6H,5H2,(H,19,20)(H2,14,15,16,17,18). The number of hydrogen-bond donors (Lipinski definition) is 3. The molecule has 0 fully saturated rings. The number of fused-ring (bicyclic) bond motifs is 1. The van der Waals surface area contributed by atoms with Gasteiger partial charge in [0.05, 0.1) is 11.9 Å². The summed E-state index contributed by atoms with van der Waals surface area (Å²) in [6.45, 7) is 0. The van der Waals surface area contributed by atoms with Crippen molar-refractivity contribution in [1.82, 2.24) is 19.9 Å². The second-order valence-electron chi connectivity index (χ2n) is 4.26. The molecule has 0 aliphatic heterocycles. The van der Waals surface area contributed by atoms with Crippen molar-refractivity contribution >= 4 is 28.9 Å². The van der Waals surface area contributed by atoms with Gasteiger partial charge >= 0.3 is 5.97 Å². The summed E-state index contributed by atoms with van der Waals surface area (Å²) < 4.78 is 0. The fraction of sp³-hybridized carbons (Fsp3) is 0.0769. The van der Waals surface area contributed by atoms with E-state index >= 15 is 0 Å². The van der Waals surface area contributed by atoms with Crippen molar-refractivity contribution in [3.05, 3.63) is 52.1 Å². The maximum Gasteiger partial charge on any atom is 0.335 e. The van der Waals surface area contributed by atoms with Gasteiger partial charge in [-0.05, 0) is 17.7 Å². The predicted octanol–water partition coefficient (Wildman–Crippen LogP) is 1.64. The van der Waals surface area contributed by atoms with Gasteiger partial charge in [-0.15, -0.1) is 0 Å². The summed E-state index contributed by atoms with van der Waals surface area (Å²) in [5.74, 6) is -0.339. The van der Waals surface area contributed by atoms with Crippen LogP contribution in [0.5, 0.6) is 0 Å². The number of hydrogen-bond acceptors (Lipinski definition) is 5. The zero-order chi connectivity index (χ0) is 14.8. The normalized spacial score (nSPS) is 10.9. The first-order valence-electron chi connectivity index (χ1n) is 6.02. The second kappa shape index (κ2) is 5.41. The van der Waals surface area contributed by atoms with Gasteiger partial charge in [0.25, 0.3) is 5.56 Å². The minimum Gasteiger partial charge on any atom is -0.478 e. The first-order valence-corrected chi connectivity index (χ1v) is 7.00. The molecule has 0 atom stereocenters. The largest absolute Gasteiger partial charge is 0.478 e. The van der Waals surface area contributed by atoms with Crippen LogP contribution in [0.1, 0.15) is 15.9 Å². The molecule has 0 aliphatic rings. The monoisotopic (exact) mass is 302 g/mol. The van der Waals surface area contributed by atoms with E-state index in [2.05, 4.69) is 19.9 Å². The van der Waals surface area contributed by atoms with Crippen molar-refractivity contribution in [3.63, 3.8) is 0 Å². The zero-order valence-corrected chi connectivity index (χ0v) is 11.5. The van der Waals surface area contributed by atoms with Crippen LogP contribution in [-0.2, 0) is 5.75 Å². The van der Waals surface area contributed by atoms with Crippen LogP contribution in [0.25, 0.3) is 11.2 Å². The van der Waals surface area contributed by atoms with Crippen molar-refractivity contribution in [3.8, 4) is 0 Å². The minimum absolute atomic E-state index is 0.253. The van der Waals surface area contributed by atoms with Crippen molar-refractivity contribution in [2.24, 2.45) is 0 Å². The number of benzene rings is 1. The lowest BCUT2D eigenvalue weighted by Crippen LogP contribution is -2.05. The maximum atomic E-state index is 11.5. The summed E-state index contributed by atoms with van der Waals surface area (Å²) in [4.78, 5) is 35.9. The van der Waals surface area contributed by atoms with Crippen LogP contribution in [0.2, 0.25) is 0 Å². The lowest BCUT2D eigenvalue weighted by molar-refractivity contribution is 0.0697. The number of aromatic carboxylic acids is 1. The Kier molecular flexibility index (Phi) is 3.44. The minimum atomic E-state index is -0.947. The first kappa shape index (κ1) is 13.4. The van der Waals surface area contributed by atoms with E-state index in [-0.39, 0.29) is 11.1 Å². The van der Waals surface area contributed by atoms with Crippen LogP contribution in [0, 0.1) is 0 Å². The van der Waals surface area contributed by atoms with Crippen LogP contribution in [-0.4, -0.2) is 31.0 Å². The Hall–Kier alpha value is -2.61. The summed E-state index contributed by atoms with van der Waals surface area (Å²) in [5, 5.41) is 9.42. The van der Waals surface area contributed by atoms with Gasteiger partial charge in [-0.25, -0.2) is 14.8 Å². The van der Waals surface area contributed by atoms with E-state index in [0.717, 1.165) is 5.56 Å². The van der Waals surface area contributed by atoms with Gasteiger partial charge in [0.1, 0.15) is 0 Å². The lowest BCUT2D eigenvalue weighted by Gasteiger charge is -2.00. The molecule has 2 aromatic heterocycles. The highest BCUT2D eigenvalue weighted by Crippen LogP contribution is 2.21. The molecule has 3 N–H and O–H groups in total. The third kappa shape index (κ3) is 2.79. The Labute approximate surface area is 122 Å². The molecule has 0 aliphatic carbocycles. The van der Waals surface area contributed by atoms with Gasteiger partial charge in [0.2, 0.25) is 0 Å². The van der Waals surface area contributed by atoms with E-state index in [4.69, 9.17) is 5.11 Å². The molecular weight excluding hydrogens is 292 g/mol. The van der Waals surface area contributed by atoms with Crippen LogP contribution >= 0.6 is 11.8 Å². The molecule has 0 saturated carbocycles. The van der Waals surface area contributed by atoms with Crippen LogP contribution in [0.15, 0.2) is 40.5 Å². The number of carbonyl (C=O) groups is 1. The number of imidazole rings is 1. The Morgan fingerprint density at radius 3 is 2.71 bits per heavy atom. The molecule has 21 heavy (non-hydrogen) atoms. The van der Waals surface area contributed by atoms with Crippen molar-refractivity contribution in [2.75, 3.05) is 0 Å². The smallest absolute Gasteiger partial charge is 0.335 e. The summed E-state index contributed by atoms with van der Waals surface area (Å²) in [5.41, 5.74) is 1.68. The molecule has 0 amide bonds. The molecule has 2 heterocycles. The molecule has 3 aromatic rings. The van der Waals surface area contributed by atoms with Crippen LogP contribution < -0.4 is 5.56 Å². The van der Waals surface area contributed by atoms with E-state index in [1.165, 1.54) is 18.1 Å². The lowest BCUT2D eigenvalue weighted by atomic mass is 10.1. The van der Waals surface area contributed by atoms with Gasteiger partial charge in [-0.1, -0.05) is 23.9 Å². The topological polar surface area (TPSA) is 112 Å². The zero-order valence-electron chi connectivity index (χ0n) is 10.7. The summed E-state index contributed by atoms with van der Waals surface area (Å²) in [6.07, 6.45) is 1.31. The Balaban J connectivity index is 1.75. The third-order valence-electron chi connectivity index (χ3n) is 2.85. The number of nitrogens with one attached hydrogen (secondary N) is 2. The molecule has 0 spiro atoms. The highest BCUT2D eigenvalue weighted by molar-refractivity contribution is 7.98. The Morgan fingerprint density at radius 2 is 2.05 bits per heavy atom. The average Bonchev–Trinajstić information content (AvgIpc) is 2.90. The van der Waals surface area contributed by atoms with Gasteiger partial charge < -0.3 is 15.1 Å². The quantitative estimate of drug-likeness (QED) is 0.632. The summed E-state index contributed by atoms with van der Waals surface area (Å²) in [7, 11) is 0. The molecule has 0 saturated heterocycles. The second-order valence-corrected chi connectivity index (χ2v) is 5.23. The van der Waals surface area contributed by atoms with Crippen molar-refractivity contribution in [1.29, 1.82) is 0 Å². The first-order chi connectivity index (χ1) is 10.1. The highest BCUT2D eigenvalue weighted by atomic mass is 32.2. The van der Waals surface area contributed by atoms with Crippen LogP contribution in [0.4, 0.5) is 0 Å². The van der Waals surface area contributed by atoms with Crippen LogP contribution in [0.3, 0.4) is 0 Å². The number of rotatable bonds is 4. The molecular formula is C13H10N4O3S. The van der Waals surface area contributed by atoms with E-state index in [1.54, 1.807) is 24.3 Å². The summed E-state index contributed by atoms with van der Waals surface area (Å²) in [6, 6.07) is 6.63. The SMILES string of the molecule is O=C(O)c1ccc(CSc2nc3nc[nH]c(=O)c3[nH]2)cc1. The molecule has 7 nitrogen and oxygen atoms in total. The fourth-order valence-electron chi connectivity index (χ4n) is 1.78.